The predicted molar refractivity (Wildman–Crippen MR) is 96.2 cm³/mol. The maximum atomic E-state index is 12.9. The molecule has 0 aliphatic heterocycles. The summed E-state index contributed by atoms with van der Waals surface area (Å²) in [5.41, 5.74) is 6.85. The van der Waals surface area contributed by atoms with Crippen molar-refractivity contribution < 1.29 is 9.90 Å². The van der Waals surface area contributed by atoms with Crippen molar-refractivity contribution in [3.8, 4) is 0 Å². The Morgan fingerprint density at radius 1 is 1.33 bits per heavy atom. The highest BCUT2D eigenvalue weighted by molar-refractivity contribution is 7.20. The van der Waals surface area contributed by atoms with Gasteiger partial charge in [-0.3, -0.25) is 4.79 Å². The summed E-state index contributed by atoms with van der Waals surface area (Å²) in [4.78, 5) is 24.6. The molecule has 3 rings (SSSR count). The van der Waals surface area contributed by atoms with Gasteiger partial charge in [0, 0.05) is 19.5 Å². The van der Waals surface area contributed by atoms with Crippen molar-refractivity contribution in [3.05, 3.63) is 16.3 Å². The molecule has 7 heteroatoms. The van der Waals surface area contributed by atoms with Crippen LogP contribution in [0.25, 0.3) is 10.2 Å². The van der Waals surface area contributed by atoms with E-state index >= 15 is 0 Å². The molecule has 0 aromatic carbocycles. The van der Waals surface area contributed by atoms with Crippen molar-refractivity contribution in [3.63, 3.8) is 0 Å². The quantitative estimate of drug-likeness (QED) is 0.889. The fraction of sp³-hybridized carbons (Fsp3) is 0.588. The monoisotopic (exact) mass is 348 g/mol. The van der Waals surface area contributed by atoms with Crippen molar-refractivity contribution in [2.75, 3.05) is 19.3 Å². The zero-order valence-electron chi connectivity index (χ0n) is 14.4. The number of rotatable bonds is 3. The Bertz CT molecular complexity index is 774. The van der Waals surface area contributed by atoms with E-state index in [1.54, 1.807) is 18.9 Å². The summed E-state index contributed by atoms with van der Waals surface area (Å²) in [5.74, 6) is 1.16. The molecule has 2 atom stereocenters. The van der Waals surface area contributed by atoms with Gasteiger partial charge in [-0.05, 0) is 32.3 Å². The number of thiophene rings is 1. The van der Waals surface area contributed by atoms with Gasteiger partial charge >= 0.3 is 0 Å². The number of fused-ring (bicyclic) bond motifs is 1. The molecule has 2 heterocycles. The van der Waals surface area contributed by atoms with E-state index in [0.717, 1.165) is 41.5 Å². The Kier molecular flexibility index (Phi) is 4.73. The number of nitrogens with two attached hydrogens (primary N) is 1. The van der Waals surface area contributed by atoms with Crippen LogP contribution in [0.1, 0.15) is 46.7 Å². The number of hydrogen-bond donors (Lipinski definition) is 2. The lowest BCUT2D eigenvalue weighted by Gasteiger charge is -2.31. The zero-order valence-corrected chi connectivity index (χ0v) is 15.2. The van der Waals surface area contributed by atoms with Gasteiger partial charge in [-0.2, -0.15) is 0 Å². The van der Waals surface area contributed by atoms with Crippen LogP contribution in [0.4, 0.5) is 5.82 Å². The molecule has 1 fully saturated rings. The smallest absolute Gasteiger partial charge is 0.264 e. The second-order valence-corrected chi connectivity index (χ2v) is 7.69. The number of aryl methyl sites for hydroxylation is 2. The lowest BCUT2D eigenvalue weighted by Crippen LogP contribution is -2.38. The van der Waals surface area contributed by atoms with Crippen molar-refractivity contribution in [1.29, 1.82) is 0 Å². The number of hydrogen-bond acceptors (Lipinski definition) is 6. The van der Waals surface area contributed by atoms with E-state index in [1.807, 2.05) is 6.92 Å². The van der Waals surface area contributed by atoms with Crippen molar-refractivity contribution >= 4 is 33.3 Å². The first kappa shape index (κ1) is 17.1. The summed E-state index contributed by atoms with van der Waals surface area (Å²) in [7, 11) is 1.80. The van der Waals surface area contributed by atoms with E-state index in [1.165, 1.54) is 11.3 Å². The lowest BCUT2D eigenvalue weighted by atomic mass is 9.86. The van der Waals surface area contributed by atoms with Gasteiger partial charge in [0.15, 0.2) is 0 Å². The van der Waals surface area contributed by atoms with Crippen LogP contribution in [0.15, 0.2) is 0 Å². The number of nitrogen functional groups attached to an aromatic ring is 1. The standard InChI is InChI=1S/C17H24N4O2S/c1-9-13-15(18)19-10(2)20-16(13)24-14(9)17(23)21(3)8-11-6-4-5-7-12(11)22/h11-12,22H,4-8H2,1-3H3,(H2,18,19,20). The molecule has 2 aromatic rings. The van der Waals surface area contributed by atoms with Gasteiger partial charge in [-0.15, -0.1) is 11.3 Å². The third-order valence-corrected chi connectivity index (χ3v) is 6.02. The topological polar surface area (TPSA) is 92.3 Å². The molecule has 1 aliphatic carbocycles. The first-order valence-electron chi connectivity index (χ1n) is 8.35. The number of nitrogens with zero attached hydrogens (tertiary/aromatic N) is 3. The molecular weight excluding hydrogens is 324 g/mol. The largest absolute Gasteiger partial charge is 0.393 e. The zero-order chi connectivity index (χ0) is 17.4. The second-order valence-electron chi connectivity index (χ2n) is 6.69. The van der Waals surface area contributed by atoms with E-state index in [-0.39, 0.29) is 17.9 Å². The van der Waals surface area contributed by atoms with E-state index < -0.39 is 0 Å². The third kappa shape index (κ3) is 3.10. The summed E-state index contributed by atoms with van der Waals surface area (Å²) in [6, 6.07) is 0. The molecule has 1 saturated carbocycles. The molecule has 2 aromatic heterocycles. The predicted octanol–water partition coefficient (Wildman–Crippen LogP) is 2.51. The number of aliphatic hydroxyl groups is 1. The molecule has 0 spiro atoms. The fourth-order valence-corrected chi connectivity index (χ4v) is 4.72. The second kappa shape index (κ2) is 6.64. The van der Waals surface area contributed by atoms with Crippen LogP contribution in [0.5, 0.6) is 0 Å². The average Bonchev–Trinajstić information content (AvgIpc) is 2.85. The fourth-order valence-electron chi connectivity index (χ4n) is 3.49. The highest BCUT2D eigenvalue weighted by Gasteiger charge is 2.28. The minimum Gasteiger partial charge on any atom is -0.393 e. The van der Waals surface area contributed by atoms with Crippen molar-refractivity contribution in [2.24, 2.45) is 5.92 Å². The Balaban J connectivity index is 1.85. The number of anilines is 1. The highest BCUT2D eigenvalue weighted by atomic mass is 32.1. The Morgan fingerprint density at radius 2 is 2.04 bits per heavy atom. The molecule has 0 radical (unpaired) electrons. The van der Waals surface area contributed by atoms with Gasteiger partial charge in [0.1, 0.15) is 16.5 Å². The lowest BCUT2D eigenvalue weighted by molar-refractivity contribution is 0.0453. The van der Waals surface area contributed by atoms with Gasteiger partial charge in [0.05, 0.1) is 16.4 Å². The number of carbonyl (C=O) groups excluding carboxylic acids is 1. The van der Waals surface area contributed by atoms with Gasteiger partial charge in [-0.25, -0.2) is 9.97 Å². The van der Waals surface area contributed by atoms with Crippen LogP contribution in [0, 0.1) is 19.8 Å². The van der Waals surface area contributed by atoms with Gasteiger partial charge < -0.3 is 15.7 Å². The summed E-state index contributed by atoms with van der Waals surface area (Å²) in [6.45, 7) is 4.27. The summed E-state index contributed by atoms with van der Waals surface area (Å²) < 4.78 is 0. The highest BCUT2D eigenvalue weighted by Crippen LogP contribution is 2.33. The van der Waals surface area contributed by atoms with Gasteiger partial charge in [-0.1, -0.05) is 12.8 Å². The summed E-state index contributed by atoms with van der Waals surface area (Å²) in [6.07, 6.45) is 3.70. The summed E-state index contributed by atoms with van der Waals surface area (Å²) >= 11 is 1.37. The molecule has 6 nitrogen and oxygen atoms in total. The SMILES string of the molecule is Cc1nc(N)c2c(C)c(C(=O)N(C)CC3CCCCC3O)sc2n1. The first-order valence-corrected chi connectivity index (χ1v) is 9.17. The van der Waals surface area contributed by atoms with Crippen LogP contribution in [0.2, 0.25) is 0 Å². The Labute approximate surface area is 145 Å². The van der Waals surface area contributed by atoms with E-state index in [4.69, 9.17) is 5.73 Å². The van der Waals surface area contributed by atoms with E-state index in [9.17, 15) is 9.90 Å². The van der Waals surface area contributed by atoms with E-state index in [2.05, 4.69) is 9.97 Å². The molecule has 2 unspecified atom stereocenters. The van der Waals surface area contributed by atoms with E-state index in [0.29, 0.717) is 23.1 Å². The minimum atomic E-state index is -0.304. The van der Waals surface area contributed by atoms with Gasteiger partial charge in [0.2, 0.25) is 0 Å². The first-order chi connectivity index (χ1) is 11.4. The molecule has 0 saturated heterocycles. The normalized spacial score (nSPS) is 21.2. The van der Waals surface area contributed by atoms with Crippen molar-refractivity contribution in [1.82, 2.24) is 14.9 Å². The van der Waals surface area contributed by atoms with Gasteiger partial charge in [0.25, 0.3) is 5.91 Å². The number of amides is 1. The minimum absolute atomic E-state index is 0.0367. The summed E-state index contributed by atoms with van der Waals surface area (Å²) in [5, 5.41) is 10.9. The van der Waals surface area contributed by atoms with Crippen LogP contribution in [-0.2, 0) is 0 Å². The molecular formula is C17H24N4O2S. The Morgan fingerprint density at radius 3 is 2.75 bits per heavy atom. The average molecular weight is 348 g/mol. The number of carbonyl (C=O) groups is 1. The molecule has 3 N–H and O–H groups in total. The maximum absolute atomic E-state index is 12.9. The maximum Gasteiger partial charge on any atom is 0.264 e. The van der Waals surface area contributed by atoms with Crippen LogP contribution < -0.4 is 5.73 Å². The third-order valence-electron chi connectivity index (χ3n) is 4.85. The van der Waals surface area contributed by atoms with Crippen LogP contribution in [0.3, 0.4) is 0 Å². The van der Waals surface area contributed by atoms with Crippen LogP contribution in [-0.4, -0.2) is 45.6 Å². The Hall–Kier alpha value is -1.73. The van der Waals surface area contributed by atoms with Crippen LogP contribution >= 0.6 is 11.3 Å². The molecule has 130 valence electrons. The molecule has 1 aliphatic rings. The molecule has 24 heavy (non-hydrogen) atoms. The molecule has 1 amide bonds. The number of aromatic nitrogens is 2. The molecule has 0 bridgehead atoms. The number of aliphatic hydroxyl groups excluding tert-OH is 1. The van der Waals surface area contributed by atoms with Crippen molar-refractivity contribution in [2.45, 2.75) is 45.6 Å².